The zero-order valence-corrected chi connectivity index (χ0v) is 12.7. The number of rotatable bonds is 6. The van der Waals surface area contributed by atoms with E-state index in [-0.39, 0.29) is 6.54 Å². The molecule has 1 aromatic heterocycles. The van der Waals surface area contributed by atoms with E-state index in [4.69, 9.17) is 11.0 Å². The summed E-state index contributed by atoms with van der Waals surface area (Å²) in [6.07, 6.45) is 2.18. The molecule has 1 aliphatic carbocycles. The van der Waals surface area contributed by atoms with Crippen molar-refractivity contribution in [2.24, 2.45) is 5.73 Å². The molecule has 0 atom stereocenters. The number of hydrogen-bond donors (Lipinski definition) is 1. The van der Waals surface area contributed by atoms with Crippen LogP contribution in [0.5, 0.6) is 0 Å². The fraction of sp³-hybridized carbons (Fsp3) is 0.333. The summed E-state index contributed by atoms with van der Waals surface area (Å²) in [6.45, 7) is 0.111. The average molecular weight is 313 g/mol. The van der Waals surface area contributed by atoms with Crippen molar-refractivity contribution in [1.82, 2.24) is 14.8 Å². The number of nitrogens with zero attached hydrogens (tertiary/aromatic N) is 4. The van der Waals surface area contributed by atoms with E-state index in [2.05, 4.69) is 16.3 Å². The van der Waals surface area contributed by atoms with Gasteiger partial charge in [0.2, 0.25) is 5.91 Å². The molecule has 112 valence electrons. The van der Waals surface area contributed by atoms with Crippen LogP contribution < -0.4 is 5.73 Å². The number of hydrogen-bond acceptors (Lipinski definition) is 5. The van der Waals surface area contributed by atoms with Crippen LogP contribution in [0.25, 0.3) is 0 Å². The molecule has 6 nitrogen and oxygen atoms in total. The average Bonchev–Trinajstić information content (AvgIpc) is 3.28. The third kappa shape index (κ3) is 3.28. The summed E-state index contributed by atoms with van der Waals surface area (Å²) in [5, 5.41) is 18.0. The first-order chi connectivity index (χ1) is 10.7. The van der Waals surface area contributed by atoms with Crippen LogP contribution in [0.1, 0.15) is 35.7 Å². The van der Waals surface area contributed by atoms with Gasteiger partial charge in [0, 0.05) is 11.7 Å². The van der Waals surface area contributed by atoms with E-state index in [1.807, 2.05) is 22.8 Å². The number of aromatic nitrogens is 3. The molecule has 0 bridgehead atoms. The summed E-state index contributed by atoms with van der Waals surface area (Å²) in [7, 11) is 0. The minimum absolute atomic E-state index is 0.111. The Morgan fingerprint density at radius 3 is 2.95 bits per heavy atom. The van der Waals surface area contributed by atoms with Gasteiger partial charge in [-0.05, 0) is 30.5 Å². The SMILES string of the molecule is N#Cc1cccc(CSc2nnc(C3CC3)n2CC(N)=O)c1. The second kappa shape index (κ2) is 6.20. The molecule has 3 rings (SSSR count). The van der Waals surface area contributed by atoms with Crippen LogP contribution in [0.3, 0.4) is 0 Å². The molecular formula is C15H15N5OS. The number of thioether (sulfide) groups is 1. The largest absolute Gasteiger partial charge is 0.368 e. The van der Waals surface area contributed by atoms with E-state index in [1.165, 1.54) is 11.8 Å². The number of nitriles is 1. The molecular weight excluding hydrogens is 298 g/mol. The highest BCUT2D eigenvalue weighted by molar-refractivity contribution is 7.98. The molecule has 0 saturated heterocycles. The highest BCUT2D eigenvalue weighted by Gasteiger charge is 2.30. The second-order valence-electron chi connectivity index (χ2n) is 5.27. The maximum absolute atomic E-state index is 11.3. The van der Waals surface area contributed by atoms with Crippen molar-refractivity contribution in [2.45, 2.75) is 36.2 Å². The molecule has 1 saturated carbocycles. The second-order valence-corrected chi connectivity index (χ2v) is 6.21. The van der Waals surface area contributed by atoms with Crippen LogP contribution in [0, 0.1) is 11.3 Å². The third-order valence-corrected chi connectivity index (χ3v) is 4.46. The van der Waals surface area contributed by atoms with Gasteiger partial charge in [-0.1, -0.05) is 23.9 Å². The minimum atomic E-state index is -0.393. The van der Waals surface area contributed by atoms with E-state index >= 15 is 0 Å². The van der Waals surface area contributed by atoms with Gasteiger partial charge >= 0.3 is 0 Å². The number of primary amides is 1. The van der Waals surface area contributed by atoms with Crippen LogP contribution >= 0.6 is 11.8 Å². The number of carbonyl (C=O) groups is 1. The Labute approximate surface area is 132 Å². The Morgan fingerprint density at radius 1 is 1.45 bits per heavy atom. The van der Waals surface area contributed by atoms with Gasteiger partial charge in [0.15, 0.2) is 5.16 Å². The quantitative estimate of drug-likeness (QED) is 0.820. The van der Waals surface area contributed by atoms with Gasteiger partial charge in [-0.15, -0.1) is 10.2 Å². The van der Waals surface area contributed by atoms with Gasteiger partial charge < -0.3 is 5.73 Å². The summed E-state index contributed by atoms with van der Waals surface area (Å²) in [5.74, 6) is 1.53. The smallest absolute Gasteiger partial charge is 0.237 e. The number of amides is 1. The van der Waals surface area contributed by atoms with Crippen molar-refractivity contribution in [2.75, 3.05) is 0 Å². The Kier molecular flexibility index (Phi) is 4.11. The van der Waals surface area contributed by atoms with Gasteiger partial charge in [-0.3, -0.25) is 9.36 Å². The molecule has 1 aromatic carbocycles. The molecule has 1 heterocycles. The third-order valence-electron chi connectivity index (χ3n) is 3.43. The lowest BCUT2D eigenvalue weighted by molar-refractivity contribution is -0.118. The summed E-state index contributed by atoms with van der Waals surface area (Å²) in [4.78, 5) is 11.3. The van der Waals surface area contributed by atoms with Gasteiger partial charge in [0.1, 0.15) is 12.4 Å². The molecule has 1 fully saturated rings. The Bertz CT molecular complexity index is 745. The number of nitrogens with two attached hydrogens (primary N) is 1. The standard InChI is InChI=1S/C15H15N5OS/c16-7-10-2-1-3-11(6-10)9-22-15-19-18-14(12-4-5-12)20(15)8-13(17)21/h1-3,6,12H,4-5,8-9H2,(H2,17,21). The van der Waals surface area contributed by atoms with E-state index < -0.39 is 5.91 Å². The predicted octanol–water partition coefficient (Wildman–Crippen LogP) is 1.80. The molecule has 0 unspecified atom stereocenters. The fourth-order valence-corrected chi connectivity index (χ4v) is 3.12. The van der Waals surface area contributed by atoms with Crippen LogP contribution in [0.4, 0.5) is 0 Å². The molecule has 2 N–H and O–H groups in total. The number of carbonyl (C=O) groups excluding carboxylic acids is 1. The maximum atomic E-state index is 11.3. The van der Waals surface area contributed by atoms with E-state index in [1.54, 1.807) is 6.07 Å². The van der Waals surface area contributed by atoms with Crippen molar-refractivity contribution in [3.05, 3.63) is 41.2 Å². The highest BCUT2D eigenvalue weighted by Crippen LogP contribution is 2.40. The normalized spacial score (nSPS) is 13.8. The van der Waals surface area contributed by atoms with Crippen molar-refractivity contribution in [3.8, 4) is 6.07 Å². The topological polar surface area (TPSA) is 97.6 Å². The lowest BCUT2D eigenvalue weighted by Crippen LogP contribution is -2.20. The lowest BCUT2D eigenvalue weighted by atomic mass is 10.2. The Morgan fingerprint density at radius 2 is 2.27 bits per heavy atom. The first-order valence-electron chi connectivity index (χ1n) is 7.00. The zero-order valence-electron chi connectivity index (χ0n) is 11.9. The maximum Gasteiger partial charge on any atom is 0.237 e. The van der Waals surface area contributed by atoms with Gasteiger partial charge in [-0.2, -0.15) is 5.26 Å². The zero-order chi connectivity index (χ0) is 15.5. The fourth-order valence-electron chi connectivity index (χ4n) is 2.23. The van der Waals surface area contributed by atoms with Crippen LogP contribution in [-0.4, -0.2) is 20.7 Å². The van der Waals surface area contributed by atoms with E-state index in [0.717, 1.165) is 24.2 Å². The van der Waals surface area contributed by atoms with Crippen molar-refractivity contribution in [3.63, 3.8) is 0 Å². The molecule has 0 radical (unpaired) electrons. The monoisotopic (exact) mass is 313 g/mol. The van der Waals surface area contributed by atoms with Crippen LogP contribution in [-0.2, 0) is 17.1 Å². The molecule has 7 heteroatoms. The van der Waals surface area contributed by atoms with Crippen molar-refractivity contribution in [1.29, 1.82) is 5.26 Å². The van der Waals surface area contributed by atoms with Gasteiger partial charge in [-0.25, -0.2) is 0 Å². The van der Waals surface area contributed by atoms with Gasteiger partial charge in [0.25, 0.3) is 0 Å². The molecule has 0 aliphatic heterocycles. The minimum Gasteiger partial charge on any atom is -0.368 e. The molecule has 1 amide bonds. The number of benzene rings is 1. The predicted molar refractivity (Wildman–Crippen MR) is 81.9 cm³/mol. The van der Waals surface area contributed by atoms with Gasteiger partial charge in [0.05, 0.1) is 11.6 Å². The highest BCUT2D eigenvalue weighted by atomic mass is 32.2. The molecule has 2 aromatic rings. The Hall–Kier alpha value is -2.33. The first-order valence-corrected chi connectivity index (χ1v) is 7.99. The summed E-state index contributed by atoms with van der Waals surface area (Å²) >= 11 is 1.50. The lowest BCUT2D eigenvalue weighted by Gasteiger charge is -2.07. The van der Waals surface area contributed by atoms with Crippen LogP contribution in [0.15, 0.2) is 29.4 Å². The molecule has 0 spiro atoms. The van der Waals surface area contributed by atoms with Crippen LogP contribution in [0.2, 0.25) is 0 Å². The Balaban J connectivity index is 1.77. The summed E-state index contributed by atoms with van der Waals surface area (Å²) in [6, 6.07) is 9.57. The van der Waals surface area contributed by atoms with E-state index in [0.29, 0.717) is 22.4 Å². The molecule has 1 aliphatic rings. The summed E-state index contributed by atoms with van der Waals surface area (Å²) in [5.41, 5.74) is 6.99. The molecule has 22 heavy (non-hydrogen) atoms. The van der Waals surface area contributed by atoms with Crippen molar-refractivity contribution < 1.29 is 4.79 Å². The van der Waals surface area contributed by atoms with E-state index in [9.17, 15) is 4.79 Å². The first kappa shape index (κ1) is 14.6. The van der Waals surface area contributed by atoms with Crippen molar-refractivity contribution >= 4 is 17.7 Å². The summed E-state index contributed by atoms with van der Waals surface area (Å²) < 4.78 is 1.82.